The highest BCUT2D eigenvalue weighted by Crippen LogP contribution is 2.44. The molecule has 7 rings (SSSR count). The normalized spacial score (nSPS) is 24.0. The Morgan fingerprint density at radius 1 is 0.974 bits per heavy atom. The molecule has 0 bridgehead atoms. The molecule has 0 saturated heterocycles. The van der Waals surface area contributed by atoms with Crippen LogP contribution >= 0.6 is 11.8 Å². The maximum atomic E-state index is 13.8. The molecule has 38 heavy (non-hydrogen) atoms. The number of benzene rings is 2. The van der Waals surface area contributed by atoms with Crippen LogP contribution in [0.2, 0.25) is 0 Å². The summed E-state index contributed by atoms with van der Waals surface area (Å²) in [7, 11) is 0. The van der Waals surface area contributed by atoms with Crippen molar-refractivity contribution in [2.75, 3.05) is 11.7 Å². The maximum Gasteiger partial charge on any atom is 0.278 e. The standard InChI is InChI=1S/C29H28N4O4S/c34-23-11-12-32-26(27(23)35)29(37)31(20-13-18(14-20)28(36)30-19-9-10-19)16-33(32)25-21-6-2-1-5-17(21)15-38-24-8-4-3-7-22(24)25/h1-8,11-12,18-20,25,35H,9-10,13-16H2,(H,30,36)/t18?,20?,25-/m0/s1. The summed E-state index contributed by atoms with van der Waals surface area (Å²) in [4.78, 5) is 41.7. The molecule has 2 amide bonds. The Morgan fingerprint density at radius 2 is 1.71 bits per heavy atom. The third-order valence-electron chi connectivity index (χ3n) is 8.18. The Bertz CT molecular complexity index is 1460. The van der Waals surface area contributed by atoms with Crippen LogP contribution in [-0.4, -0.2) is 45.2 Å². The van der Waals surface area contributed by atoms with Crippen molar-refractivity contribution in [1.29, 1.82) is 0 Å². The van der Waals surface area contributed by atoms with Gasteiger partial charge in [-0.25, -0.2) is 0 Å². The molecule has 2 aliphatic carbocycles. The minimum Gasteiger partial charge on any atom is -0.502 e. The second-order valence-electron chi connectivity index (χ2n) is 10.6. The summed E-state index contributed by atoms with van der Waals surface area (Å²) in [6, 6.07) is 17.8. The van der Waals surface area contributed by atoms with E-state index in [1.165, 1.54) is 11.6 Å². The number of aromatic nitrogens is 1. The number of thioether (sulfide) groups is 1. The zero-order valence-corrected chi connectivity index (χ0v) is 21.6. The molecular formula is C29H28N4O4S. The molecule has 0 radical (unpaired) electrons. The predicted octanol–water partition coefficient (Wildman–Crippen LogP) is 3.36. The van der Waals surface area contributed by atoms with Crippen molar-refractivity contribution >= 4 is 23.6 Å². The molecule has 0 unspecified atom stereocenters. The van der Waals surface area contributed by atoms with Crippen molar-refractivity contribution in [2.45, 2.75) is 54.5 Å². The third kappa shape index (κ3) is 3.79. The van der Waals surface area contributed by atoms with Crippen molar-refractivity contribution < 1.29 is 14.7 Å². The largest absolute Gasteiger partial charge is 0.502 e. The SMILES string of the molecule is O=C(NC1CC1)C1CC(N2CN([C@H]3c4ccccc4CSc4ccccc43)n3ccc(=O)c(O)c3C2=O)C1. The summed E-state index contributed by atoms with van der Waals surface area (Å²) in [5.74, 6) is -0.159. The topological polar surface area (TPSA) is 94.9 Å². The fourth-order valence-electron chi connectivity index (χ4n) is 5.86. The quantitative estimate of drug-likeness (QED) is 0.539. The molecule has 2 fully saturated rings. The monoisotopic (exact) mass is 528 g/mol. The van der Waals surface area contributed by atoms with Crippen LogP contribution in [0.15, 0.2) is 70.5 Å². The number of hydrogen-bond acceptors (Lipinski definition) is 6. The minimum atomic E-state index is -0.584. The average molecular weight is 529 g/mol. The van der Waals surface area contributed by atoms with E-state index in [-0.39, 0.29) is 42.2 Å². The van der Waals surface area contributed by atoms with E-state index < -0.39 is 11.2 Å². The number of fused-ring (bicyclic) bond motifs is 3. The summed E-state index contributed by atoms with van der Waals surface area (Å²) < 4.78 is 1.65. The smallest absolute Gasteiger partial charge is 0.278 e. The van der Waals surface area contributed by atoms with Gasteiger partial charge in [0.15, 0.2) is 11.4 Å². The molecular weight excluding hydrogens is 500 g/mol. The van der Waals surface area contributed by atoms with Gasteiger partial charge in [0.25, 0.3) is 5.91 Å². The minimum absolute atomic E-state index is 0.0264. The van der Waals surface area contributed by atoms with Gasteiger partial charge in [-0.1, -0.05) is 42.5 Å². The van der Waals surface area contributed by atoms with Crippen molar-refractivity contribution in [3.05, 3.63) is 93.4 Å². The van der Waals surface area contributed by atoms with E-state index in [4.69, 9.17) is 0 Å². The summed E-state index contributed by atoms with van der Waals surface area (Å²) in [6.07, 6.45) is 4.81. The first-order chi connectivity index (χ1) is 18.5. The first kappa shape index (κ1) is 23.4. The van der Waals surface area contributed by atoms with Crippen LogP contribution in [0.1, 0.15) is 58.9 Å². The Morgan fingerprint density at radius 3 is 2.50 bits per heavy atom. The second-order valence-corrected chi connectivity index (χ2v) is 11.6. The van der Waals surface area contributed by atoms with Gasteiger partial charge in [-0.3, -0.25) is 24.1 Å². The van der Waals surface area contributed by atoms with Gasteiger partial charge in [0.1, 0.15) is 6.67 Å². The number of carbonyl (C=O) groups excluding carboxylic acids is 2. The number of nitrogens with zero attached hydrogens (tertiary/aromatic N) is 3. The molecule has 1 atom stereocenters. The lowest BCUT2D eigenvalue weighted by atomic mass is 9.78. The van der Waals surface area contributed by atoms with Crippen molar-refractivity contribution in [2.24, 2.45) is 5.92 Å². The van der Waals surface area contributed by atoms with E-state index in [2.05, 4.69) is 34.6 Å². The molecule has 3 heterocycles. The zero-order valence-electron chi connectivity index (χ0n) is 20.7. The lowest BCUT2D eigenvalue weighted by molar-refractivity contribution is -0.129. The second kappa shape index (κ2) is 8.94. The van der Waals surface area contributed by atoms with Gasteiger partial charge in [0.2, 0.25) is 11.3 Å². The van der Waals surface area contributed by atoms with Gasteiger partial charge < -0.3 is 15.3 Å². The molecule has 0 spiro atoms. The van der Waals surface area contributed by atoms with Crippen molar-refractivity contribution in [3.63, 3.8) is 0 Å². The molecule has 8 nitrogen and oxygen atoms in total. The molecule has 2 aliphatic heterocycles. The first-order valence-electron chi connectivity index (χ1n) is 13.1. The van der Waals surface area contributed by atoms with Gasteiger partial charge in [0, 0.05) is 40.9 Å². The summed E-state index contributed by atoms with van der Waals surface area (Å²) in [5.41, 5.74) is 2.82. The third-order valence-corrected chi connectivity index (χ3v) is 9.32. The Kier molecular flexibility index (Phi) is 5.51. The van der Waals surface area contributed by atoms with Crippen LogP contribution in [-0.2, 0) is 10.5 Å². The van der Waals surface area contributed by atoms with Gasteiger partial charge in [0.05, 0.1) is 6.04 Å². The predicted molar refractivity (Wildman–Crippen MR) is 144 cm³/mol. The molecule has 9 heteroatoms. The Balaban J connectivity index is 1.31. The highest BCUT2D eigenvalue weighted by atomic mass is 32.2. The number of hydrogen-bond donors (Lipinski definition) is 2. The first-order valence-corrected chi connectivity index (χ1v) is 14.1. The molecule has 3 aromatic rings. The molecule has 2 saturated carbocycles. The maximum absolute atomic E-state index is 13.8. The number of carbonyl (C=O) groups is 2. The van der Waals surface area contributed by atoms with Crippen LogP contribution in [0, 0.1) is 5.92 Å². The summed E-state index contributed by atoms with van der Waals surface area (Å²) >= 11 is 1.78. The number of pyridine rings is 1. The lowest BCUT2D eigenvalue weighted by Gasteiger charge is -2.49. The highest BCUT2D eigenvalue weighted by molar-refractivity contribution is 7.98. The fraction of sp³-hybridized carbons (Fsp3) is 0.345. The van der Waals surface area contributed by atoms with Crippen LogP contribution in [0.5, 0.6) is 5.75 Å². The summed E-state index contributed by atoms with van der Waals surface area (Å²) in [6.45, 7) is 0.272. The Hall–Kier alpha value is -3.72. The van der Waals surface area contributed by atoms with E-state index in [1.54, 1.807) is 27.5 Å². The number of amides is 2. The average Bonchev–Trinajstić information content (AvgIpc) is 3.72. The number of nitrogens with one attached hydrogen (secondary N) is 1. The van der Waals surface area contributed by atoms with Crippen LogP contribution in [0.3, 0.4) is 0 Å². The summed E-state index contributed by atoms with van der Waals surface area (Å²) in [5, 5.41) is 16.0. The van der Waals surface area contributed by atoms with E-state index in [1.807, 2.05) is 24.3 Å². The fourth-order valence-corrected chi connectivity index (χ4v) is 6.95. The van der Waals surface area contributed by atoms with Gasteiger partial charge in [-0.2, -0.15) is 0 Å². The number of rotatable bonds is 4. The molecule has 194 valence electrons. The van der Waals surface area contributed by atoms with Gasteiger partial charge in [-0.05, 0) is 48.4 Å². The van der Waals surface area contributed by atoms with Crippen LogP contribution < -0.4 is 15.8 Å². The van der Waals surface area contributed by atoms with Crippen LogP contribution in [0.25, 0.3) is 0 Å². The van der Waals surface area contributed by atoms with Crippen LogP contribution in [0.4, 0.5) is 0 Å². The lowest BCUT2D eigenvalue weighted by Crippen LogP contribution is -2.61. The molecule has 2 aromatic carbocycles. The van der Waals surface area contributed by atoms with E-state index in [0.29, 0.717) is 18.9 Å². The van der Waals surface area contributed by atoms with Crippen molar-refractivity contribution in [3.8, 4) is 5.75 Å². The zero-order chi connectivity index (χ0) is 26.0. The highest BCUT2D eigenvalue weighted by Gasteiger charge is 2.46. The van der Waals surface area contributed by atoms with E-state index in [9.17, 15) is 19.5 Å². The molecule has 1 aromatic heterocycles. The van der Waals surface area contributed by atoms with Crippen molar-refractivity contribution in [1.82, 2.24) is 14.9 Å². The van der Waals surface area contributed by atoms with E-state index >= 15 is 0 Å². The Labute approximate surface area is 224 Å². The van der Waals surface area contributed by atoms with Gasteiger partial charge >= 0.3 is 0 Å². The van der Waals surface area contributed by atoms with E-state index in [0.717, 1.165) is 34.6 Å². The molecule has 2 N–H and O–H groups in total. The van der Waals surface area contributed by atoms with Gasteiger partial charge in [-0.15, -0.1) is 11.8 Å². The molecule has 4 aliphatic rings. The number of aromatic hydroxyl groups is 1.